The summed E-state index contributed by atoms with van der Waals surface area (Å²) in [6.07, 6.45) is 1.53. The number of ketones is 2. The number of rotatable bonds is 0. The van der Waals surface area contributed by atoms with Gasteiger partial charge < -0.3 is 4.42 Å². The van der Waals surface area contributed by atoms with Crippen LogP contribution in [-0.4, -0.2) is 11.6 Å². The van der Waals surface area contributed by atoms with E-state index in [1.165, 1.54) is 6.26 Å². The van der Waals surface area contributed by atoms with Gasteiger partial charge in [-0.25, -0.2) is 0 Å². The lowest BCUT2D eigenvalue weighted by molar-refractivity contribution is 0.0980. The highest BCUT2D eigenvalue weighted by atomic mass is 16.3. The molecule has 4 rings (SSSR count). The molecule has 0 atom stereocenters. The maximum absolute atomic E-state index is 12.6. The van der Waals surface area contributed by atoms with E-state index in [0.717, 1.165) is 0 Å². The molecular formula is C16H8O3. The van der Waals surface area contributed by atoms with Crippen LogP contribution in [0.1, 0.15) is 31.8 Å². The van der Waals surface area contributed by atoms with Gasteiger partial charge in [0.15, 0.2) is 11.6 Å². The molecule has 2 aromatic carbocycles. The highest BCUT2D eigenvalue weighted by Gasteiger charge is 2.31. The molecule has 1 heterocycles. The minimum Gasteiger partial charge on any atom is -0.464 e. The molecule has 19 heavy (non-hydrogen) atoms. The van der Waals surface area contributed by atoms with Crippen molar-refractivity contribution in [1.82, 2.24) is 0 Å². The van der Waals surface area contributed by atoms with Gasteiger partial charge in [-0.3, -0.25) is 9.59 Å². The number of benzene rings is 2. The number of hydrogen-bond acceptors (Lipinski definition) is 3. The van der Waals surface area contributed by atoms with Gasteiger partial charge in [-0.2, -0.15) is 0 Å². The van der Waals surface area contributed by atoms with Crippen molar-refractivity contribution in [3.63, 3.8) is 0 Å². The summed E-state index contributed by atoms with van der Waals surface area (Å²) in [4.78, 5) is 25.0. The summed E-state index contributed by atoms with van der Waals surface area (Å²) in [7, 11) is 0. The third-order valence-corrected chi connectivity index (χ3v) is 3.52. The fourth-order valence-corrected chi connectivity index (χ4v) is 2.64. The lowest BCUT2D eigenvalue weighted by Gasteiger charge is -2.17. The zero-order valence-electron chi connectivity index (χ0n) is 9.84. The molecule has 3 aromatic rings. The summed E-state index contributed by atoms with van der Waals surface area (Å²) < 4.78 is 5.29. The average Bonchev–Trinajstić information content (AvgIpc) is 2.92. The Bertz CT molecular complexity index is 855. The van der Waals surface area contributed by atoms with Crippen LogP contribution >= 0.6 is 0 Å². The zero-order valence-corrected chi connectivity index (χ0v) is 9.84. The fourth-order valence-electron chi connectivity index (χ4n) is 2.64. The number of hydrogen-bond donors (Lipinski definition) is 0. The Morgan fingerprint density at radius 3 is 2.26 bits per heavy atom. The van der Waals surface area contributed by atoms with Crippen molar-refractivity contribution in [3.05, 3.63) is 71.0 Å². The molecule has 0 fully saturated rings. The summed E-state index contributed by atoms with van der Waals surface area (Å²) in [6.45, 7) is 0. The fraction of sp³-hybridized carbons (Fsp3) is 0. The second-order valence-electron chi connectivity index (χ2n) is 4.52. The molecule has 0 radical (unpaired) electrons. The lowest BCUT2D eigenvalue weighted by atomic mass is 9.83. The zero-order chi connectivity index (χ0) is 13.0. The van der Waals surface area contributed by atoms with Gasteiger partial charge in [0.2, 0.25) is 0 Å². The van der Waals surface area contributed by atoms with Crippen molar-refractivity contribution >= 4 is 22.5 Å². The molecule has 0 aliphatic heterocycles. The van der Waals surface area contributed by atoms with E-state index in [9.17, 15) is 9.59 Å². The first kappa shape index (κ1) is 10.3. The average molecular weight is 248 g/mol. The standard InChI is InChI=1S/C16H8O3/c17-15-9-3-1-2-4-10(9)16(18)14-11-7-8-19-13(11)6-5-12(14)15/h1-8H. The number of carbonyl (C=O) groups is 2. The quantitative estimate of drug-likeness (QED) is 0.480. The predicted octanol–water partition coefficient (Wildman–Crippen LogP) is 3.21. The van der Waals surface area contributed by atoms with Crippen LogP contribution in [0.3, 0.4) is 0 Å². The van der Waals surface area contributed by atoms with Gasteiger partial charge in [0.1, 0.15) is 5.58 Å². The van der Waals surface area contributed by atoms with E-state index in [0.29, 0.717) is 33.2 Å². The maximum atomic E-state index is 12.6. The number of fused-ring (bicyclic) bond motifs is 4. The van der Waals surface area contributed by atoms with Crippen LogP contribution in [0, 0.1) is 0 Å². The normalized spacial score (nSPS) is 13.5. The molecule has 0 unspecified atom stereocenters. The number of carbonyl (C=O) groups excluding carboxylic acids is 2. The Balaban J connectivity index is 2.14. The minimum atomic E-state index is -0.114. The van der Waals surface area contributed by atoms with Crippen LogP contribution < -0.4 is 0 Å². The van der Waals surface area contributed by atoms with Crippen LogP contribution in [0.2, 0.25) is 0 Å². The molecule has 0 saturated carbocycles. The third kappa shape index (κ3) is 1.21. The summed E-state index contributed by atoms with van der Waals surface area (Å²) in [5.74, 6) is -0.217. The van der Waals surface area contributed by atoms with Crippen molar-refractivity contribution < 1.29 is 14.0 Å². The Morgan fingerprint density at radius 2 is 1.47 bits per heavy atom. The van der Waals surface area contributed by atoms with Crippen LogP contribution in [0.5, 0.6) is 0 Å². The highest BCUT2D eigenvalue weighted by Crippen LogP contribution is 2.32. The Morgan fingerprint density at radius 1 is 0.737 bits per heavy atom. The summed E-state index contributed by atoms with van der Waals surface area (Å²) in [5.41, 5.74) is 2.48. The van der Waals surface area contributed by atoms with Gasteiger partial charge in [-0.1, -0.05) is 24.3 Å². The summed E-state index contributed by atoms with van der Waals surface area (Å²) >= 11 is 0. The van der Waals surface area contributed by atoms with Crippen molar-refractivity contribution in [1.29, 1.82) is 0 Å². The Labute approximate surface area is 108 Å². The predicted molar refractivity (Wildman–Crippen MR) is 69.5 cm³/mol. The third-order valence-electron chi connectivity index (χ3n) is 3.52. The molecule has 0 amide bonds. The second-order valence-corrected chi connectivity index (χ2v) is 4.52. The molecule has 90 valence electrons. The first-order valence-corrected chi connectivity index (χ1v) is 5.96. The molecule has 0 N–H and O–H groups in total. The van der Waals surface area contributed by atoms with E-state index >= 15 is 0 Å². The topological polar surface area (TPSA) is 47.3 Å². The molecule has 1 aliphatic carbocycles. The molecule has 1 aromatic heterocycles. The minimum absolute atomic E-state index is 0.103. The monoisotopic (exact) mass is 248 g/mol. The van der Waals surface area contributed by atoms with Gasteiger partial charge in [0, 0.05) is 27.6 Å². The molecule has 0 bridgehead atoms. The van der Waals surface area contributed by atoms with E-state index in [4.69, 9.17) is 4.42 Å². The van der Waals surface area contributed by atoms with Gasteiger partial charge in [0.25, 0.3) is 0 Å². The molecule has 3 heteroatoms. The Kier molecular flexibility index (Phi) is 1.85. The smallest absolute Gasteiger partial charge is 0.195 e. The van der Waals surface area contributed by atoms with Gasteiger partial charge in [-0.15, -0.1) is 0 Å². The van der Waals surface area contributed by atoms with E-state index < -0.39 is 0 Å². The maximum Gasteiger partial charge on any atom is 0.195 e. The van der Waals surface area contributed by atoms with Crippen molar-refractivity contribution in [2.75, 3.05) is 0 Å². The van der Waals surface area contributed by atoms with Crippen LogP contribution in [0.4, 0.5) is 0 Å². The van der Waals surface area contributed by atoms with E-state index in [1.54, 1.807) is 42.5 Å². The van der Waals surface area contributed by atoms with Crippen molar-refractivity contribution in [2.24, 2.45) is 0 Å². The lowest BCUT2D eigenvalue weighted by Crippen LogP contribution is -2.20. The molecule has 0 saturated heterocycles. The van der Waals surface area contributed by atoms with Crippen molar-refractivity contribution in [3.8, 4) is 0 Å². The van der Waals surface area contributed by atoms with Crippen LogP contribution in [0.25, 0.3) is 11.0 Å². The molecule has 3 nitrogen and oxygen atoms in total. The SMILES string of the molecule is O=C1c2ccccc2C(=O)c2c1ccc1occc21. The van der Waals surface area contributed by atoms with E-state index in [-0.39, 0.29) is 11.6 Å². The summed E-state index contributed by atoms with van der Waals surface area (Å²) in [5, 5.41) is 0.699. The van der Waals surface area contributed by atoms with Gasteiger partial charge in [-0.05, 0) is 18.2 Å². The highest BCUT2D eigenvalue weighted by molar-refractivity contribution is 6.31. The van der Waals surface area contributed by atoms with E-state index in [2.05, 4.69) is 0 Å². The second kappa shape index (κ2) is 3.42. The molecule has 0 spiro atoms. The van der Waals surface area contributed by atoms with E-state index in [1.807, 2.05) is 0 Å². The van der Waals surface area contributed by atoms with Gasteiger partial charge >= 0.3 is 0 Å². The summed E-state index contributed by atoms with van der Waals surface area (Å²) in [6, 6.07) is 12.0. The van der Waals surface area contributed by atoms with Gasteiger partial charge in [0.05, 0.1) is 6.26 Å². The van der Waals surface area contributed by atoms with Crippen molar-refractivity contribution in [2.45, 2.75) is 0 Å². The Hall–Kier alpha value is -2.68. The first-order valence-electron chi connectivity index (χ1n) is 5.96. The van der Waals surface area contributed by atoms with Crippen LogP contribution in [0.15, 0.2) is 53.1 Å². The first-order chi connectivity index (χ1) is 9.27. The van der Waals surface area contributed by atoms with Crippen LogP contribution in [-0.2, 0) is 0 Å². The number of furan rings is 1. The molecule has 1 aliphatic rings. The molecular weight excluding hydrogens is 240 g/mol. The largest absolute Gasteiger partial charge is 0.464 e.